The number of H-pyrrole nitrogens is 1. The maximum absolute atomic E-state index is 12.0. The van der Waals surface area contributed by atoms with Gasteiger partial charge in [-0.1, -0.05) is 23.7 Å². The maximum atomic E-state index is 12.0. The molecular weight excluding hydrogens is 412 g/mol. The molecule has 0 aliphatic heterocycles. The van der Waals surface area contributed by atoms with Crippen molar-refractivity contribution in [3.8, 4) is 5.75 Å². The number of rotatable bonds is 7. The molecule has 7 nitrogen and oxygen atoms in total. The Kier molecular flexibility index (Phi) is 7.00. The van der Waals surface area contributed by atoms with Crippen LogP contribution in [0.1, 0.15) is 23.6 Å². The number of hydrazine groups is 1. The van der Waals surface area contributed by atoms with Gasteiger partial charge in [0, 0.05) is 5.02 Å². The van der Waals surface area contributed by atoms with Crippen LogP contribution in [0.15, 0.2) is 42.5 Å². The van der Waals surface area contributed by atoms with Crippen LogP contribution in [0.25, 0.3) is 11.0 Å². The highest BCUT2D eigenvalue weighted by Gasteiger charge is 2.14. The largest absolute Gasteiger partial charge is 0.484 e. The van der Waals surface area contributed by atoms with Gasteiger partial charge in [-0.05, 0) is 49.7 Å². The normalized spacial score (nSPS) is 11.8. The van der Waals surface area contributed by atoms with E-state index in [1.807, 2.05) is 38.1 Å². The summed E-state index contributed by atoms with van der Waals surface area (Å²) in [6, 6.07) is 12.9. The van der Waals surface area contributed by atoms with Crippen molar-refractivity contribution in [3.05, 3.63) is 58.9 Å². The van der Waals surface area contributed by atoms with Crippen molar-refractivity contribution >= 4 is 46.2 Å². The van der Waals surface area contributed by atoms with Crippen molar-refractivity contribution in [1.82, 2.24) is 20.8 Å². The summed E-state index contributed by atoms with van der Waals surface area (Å²) in [6.45, 7) is 3.60. The number of nitrogens with one attached hydrogen (secondary N) is 3. The summed E-state index contributed by atoms with van der Waals surface area (Å²) in [7, 11) is 0. The number of carbonyl (C=O) groups is 2. The molecule has 0 aliphatic carbocycles. The van der Waals surface area contributed by atoms with Gasteiger partial charge in [-0.25, -0.2) is 4.98 Å². The lowest BCUT2D eigenvalue weighted by molar-refractivity contribution is -0.128. The average Bonchev–Trinajstić information content (AvgIpc) is 3.15. The van der Waals surface area contributed by atoms with Crippen molar-refractivity contribution in [2.45, 2.75) is 19.1 Å². The molecule has 9 heteroatoms. The molecule has 2 aromatic carbocycles. The first-order valence-electron chi connectivity index (χ1n) is 8.95. The van der Waals surface area contributed by atoms with Gasteiger partial charge in [0.1, 0.15) is 11.6 Å². The van der Waals surface area contributed by atoms with Crippen molar-refractivity contribution < 1.29 is 14.3 Å². The van der Waals surface area contributed by atoms with Gasteiger partial charge >= 0.3 is 0 Å². The first-order chi connectivity index (χ1) is 13.9. The van der Waals surface area contributed by atoms with Gasteiger partial charge in [-0.3, -0.25) is 20.4 Å². The molecule has 3 aromatic rings. The third-order valence-corrected chi connectivity index (χ3v) is 5.67. The number of aromatic amines is 1. The molecule has 3 rings (SSSR count). The fourth-order valence-corrected chi connectivity index (χ4v) is 3.37. The number of fused-ring (bicyclic) bond motifs is 1. The van der Waals surface area contributed by atoms with Crippen LogP contribution in [-0.2, 0) is 9.59 Å². The SMILES string of the molecule is Cc1cc(OCC(=O)NNC(=O)CS[C@H](C)c2nc3ccccc3[nH]2)ccc1Cl. The van der Waals surface area contributed by atoms with Crippen molar-refractivity contribution in [2.75, 3.05) is 12.4 Å². The second-order valence-electron chi connectivity index (χ2n) is 6.39. The van der Waals surface area contributed by atoms with E-state index in [0.717, 1.165) is 22.4 Å². The summed E-state index contributed by atoms with van der Waals surface area (Å²) < 4.78 is 5.38. The third kappa shape index (κ3) is 5.88. The van der Waals surface area contributed by atoms with Crippen LogP contribution in [0.2, 0.25) is 5.02 Å². The highest BCUT2D eigenvalue weighted by atomic mass is 35.5. The monoisotopic (exact) mass is 432 g/mol. The highest BCUT2D eigenvalue weighted by molar-refractivity contribution is 8.00. The summed E-state index contributed by atoms with van der Waals surface area (Å²) in [5.41, 5.74) is 7.43. The van der Waals surface area contributed by atoms with Crippen LogP contribution in [0.4, 0.5) is 0 Å². The van der Waals surface area contributed by atoms with E-state index in [2.05, 4.69) is 20.8 Å². The quantitative estimate of drug-likeness (QED) is 0.496. The van der Waals surface area contributed by atoms with Gasteiger partial charge < -0.3 is 9.72 Å². The molecule has 152 valence electrons. The van der Waals surface area contributed by atoms with Gasteiger partial charge in [0.2, 0.25) is 5.91 Å². The van der Waals surface area contributed by atoms with Crippen LogP contribution in [0.3, 0.4) is 0 Å². The minimum absolute atomic E-state index is 0.000305. The number of para-hydroxylation sites is 2. The second kappa shape index (κ2) is 9.67. The Bertz CT molecular complexity index is 991. The van der Waals surface area contributed by atoms with Gasteiger partial charge in [-0.2, -0.15) is 0 Å². The van der Waals surface area contributed by atoms with E-state index in [-0.39, 0.29) is 23.5 Å². The van der Waals surface area contributed by atoms with E-state index in [4.69, 9.17) is 16.3 Å². The number of halogens is 1. The lowest BCUT2D eigenvalue weighted by atomic mass is 10.2. The number of aromatic nitrogens is 2. The second-order valence-corrected chi connectivity index (χ2v) is 8.12. The van der Waals surface area contributed by atoms with E-state index in [0.29, 0.717) is 10.8 Å². The molecule has 3 N–H and O–H groups in total. The maximum Gasteiger partial charge on any atom is 0.276 e. The van der Waals surface area contributed by atoms with Crippen LogP contribution in [0, 0.1) is 6.92 Å². The predicted octanol–water partition coefficient (Wildman–Crippen LogP) is 3.55. The number of thioether (sulfide) groups is 1. The molecule has 0 radical (unpaired) electrons. The Balaban J connectivity index is 1.38. The Hall–Kier alpha value is -2.71. The number of benzene rings is 2. The zero-order valence-corrected chi connectivity index (χ0v) is 17.6. The van der Waals surface area contributed by atoms with Gasteiger partial charge in [0.15, 0.2) is 6.61 Å². The zero-order valence-electron chi connectivity index (χ0n) is 16.0. The molecule has 1 heterocycles. The number of ether oxygens (including phenoxy) is 1. The summed E-state index contributed by atoms with van der Waals surface area (Å²) in [6.07, 6.45) is 0. The van der Waals surface area contributed by atoms with Gasteiger partial charge in [0.25, 0.3) is 5.91 Å². The van der Waals surface area contributed by atoms with Crippen LogP contribution in [0.5, 0.6) is 5.75 Å². The molecule has 1 atom stereocenters. The van der Waals surface area contributed by atoms with Crippen molar-refractivity contribution in [3.63, 3.8) is 0 Å². The highest BCUT2D eigenvalue weighted by Crippen LogP contribution is 2.27. The molecule has 1 aromatic heterocycles. The van der Waals surface area contributed by atoms with Crippen LogP contribution < -0.4 is 15.6 Å². The van der Waals surface area contributed by atoms with Gasteiger partial charge in [-0.15, -0.1) is 11.8 Å². The van der Waals surface area contributed by atoms with Crippen molar-refractivity contribution in [1.29, 1.82) is 0 Å². The Morgan fingerprint density at radius 2 is 1.97 bits per heavy atom. The van der Waals surface area contributed by atoms with Crippen molar-refractivity contribution in [2.24, 2.45) is 0 Å². The summed E-state index contributed by atoms with van der Waals surface area (Å²) in [5, 5.41) is 0.628. The van der Waals surface area contributed by atoms with Crippen LogP contribution >= 0.6 is 23.4 Å². The number of nitrogens with zero attached hydrogens (tertiary/aromatic N) is 1. The van der Waals surface area contributed by atoms with Crippen LogP contribution in [-0.4, -0.2) is 34.1 Å². The molecule has 0 bridgehead atoms. The molecule has 0 fully saturated rings. The standard InChI is InChI=1S/C20H21ClN4O3S/c1-12-9-14(7-8-15(12)21)28-10-18(26)24-25-19(27)11-29-13(2)20-22-16-5-3-4-6-17(16)23-20/h3-9,13H,10-11H2,1-2H3,(H,22,23)(H,24,26)(H,25,27)/t13-/m1/s1. The molecule has 29 heavy (non-hydrogen) atoms. The first kappa shape index (κ1) is 21.0. The topological polar surface area (TPSA) is 96.1 Å². The number of carbonyl (C=O) groups excluding carboxylic acids is 2. The number of aryl methyl sites for hydroxylation is 1. The lowest BCUT2D eigenvalue weighted by Gasteiger charge is -2.11. The zero-order chi connectivity index (χ0) is 20.8. The van der Waals surface area contributed by atoms with E-state index in [1.165, 1.54) is 11.8 Å². The Morgan fingerprint density at radius 1 is 1.21 bits per heavy atom. The molecule has 0 spiro atoms. The number of hydrogen-bond donors (Lipinski definition) is 3. The van der Waals surface area contributed by atoms with E-state index >= 15 is 0 Å². The molecular formula is C20H21ClN4O3S. The summed E-state index contributed by atoms with van der Waals surface area (Å²) in [4.78, 5) is 31.6. The predicted molar refractivity (Wildman–Crippen MR) is 115 cm³/mol. The van der Waals surface area contributed by atoms with Gasteiger partial charge in [0.05, 0.1) is 22.0 Å². The lowest BCUT2D eigenvalue weighted by Crippen LogP contribution is -2.44. The summed E-state index contributed by atoms with van der Waals surface area (Å²) >= 11 is 7.37. The fourth-order valence-electron chi connectivity index (χ4n) is 2.51. The Morgan fingerprint density at radius 3 is 2.72 bits per heavy atom. The first-order valence-corrected chi connectivity index (χ1v) is 10.4. The molecule has 2 amide bonds. The number of amides is 2. The number of hydrogen-bond acceptors (Lipinski definition) is 5. The summed E-state index contributed by atoms with van der Waals surface area (Å²) in [5.74, 6) is 0.744. The molecule has 0 aliphatic rings. The Labute approximate surface area is 177 Å². The van der Waals surface area contributed by atoms with E-state index in [9.17, 15) is 9.59 Å². The molecule has 0 saturated carbocycles. The number of imidazole rings is 1. The minimum Gasteiger partial charge on any atom is -0.484 e. The average molecular weight is 433 g/mol. The fraction of sp³-hybridized carbons (Fsp3) is 0.250. The minimum atomic E-state index is -0.457. The molecule has 0 unspecified atom stereocenters. The molecule has 0 saturated heterocycles. The smallest absolute Gasteiger partial charge is 0.276 e. The van der Waals surface area contributed by atoms with E-state index < -0.39 is 5.91 Å². The van der Waals surface area contributed by atoms with E-state index in [1.54, 1.807) is 18.2 Å². The third-order valence-electron chi connectivity index (χ3n) is 4.10.